The Balaban J connectivity index is 1.40. The number of rotatable bonds is 5. The molecular weight excluding hydrogens is 435 g/mol. The van der Waals surface area contributed by atoms with Crippen molar-refractivity contribution in [2.75, 3.05) is 0 Å². The molecule has 3 aromatic rings. The number of ether oxygens (including phenoxy) is 1. The van der Waals surface area contributed by atoms with E-state index >= 15 is 0 Å². The summed E-state index contributed by atoms with van der Waals surface area (Å²) in [7, 11) is 0. The van der Waals surface area contributed by atoms with Crippen molar-refractivity contribution in [3.05, 3.63) is 57.1 Å². The molecule has 2 aliphatic carbocycles. The first-order valence-corrected chi connectivity index (χ1v) is 11.3. The standard InChI is InChI=1S/C23H22Cl2N4O2/c1-23(16-7-2-3-8-16)11-15-10-17(19(24)20(25)18(15)21(23)30)31-12-13-5-4-6-14(9-13)22-26-28-29-27-22/h4-6,9-10,16H,2-3,7-8,11-12H2,1H3,(H,26,27,28,29)/p+1. The minimum atomic E-state index is -0.288. The van der Waals surface area contributed by atoms with E-state index in [1.54, 1.807) is 0 Å². The van der Waals surface area contributed by atoms with Crippen molar-refractivity contribution >= 4 is 29.0 Å². The highest BCUT2D eigenvalue weighted by Gasteiger charge is 2.53. The van der Waals surface area contributed by atoms with Crippen LogP contribution in [-0.4, -0.2) is 31.2 Å². The molecule has 6 nitrogen and oxygen atoms in total. The van der Waals surface area contributed by atoms with Crippen LogP contribution in [0.1, 0.15) is 49.3 Å². The van der Waals surface area contributed by atoms with Gasteiger partial charge in [-0.2, -0.15) is 5.21 Å². The first kappa shape index (κ1) is 20.5. The Bertz CT molecular complexity index is 1140. The van der Waals surface area contributed by atoms with Gasteiger partial charge in [-0.15, -0.1) is 10.2 Å². The Morgan fingerprint density at radius 2 is 2.00 bits per heavy atom. The molecule has 0 spiro atoms. The van der Waals surface area contributed by atoms with Crippen molar-refractivity contribution in [2.24, 2.45) is 11.3 Å². The molecule has 0 bridgehead atoms. The number of H-pyrrole nitrogens is 1. The second-order valence-electron chi connectivity index (χ2n) is 8.69. The lowest BCUT2D eigenvalue weighted by molar-refractivity contribution is 0.280. The van der Waals surface area contributed by atoms with E-state index in [4.69, 9.17) is 27.9 Å². The maximum absolute atomic E-state index is 11.1. The zero-order chi connectivity index (χ0) is 21.6. The van der Waals surface area contributed by atoms with Crippen LogP contribution in [0.25, 0.3) is 11.4 Å². The highest BCUT2D eigenvalue weighted by Crippen LogP contribution is 2.52. The van der Waals surface area contributed by atoms with Gasteiger partial charge in [0.25, 0.3) is 0 Å². The zero-order valence-corrected chi connectivity index (χ0v) is 18.7. The third kappa shape index (κ3) is 3.52. The van der Waals surface area contributed by atoms with Crippen LogP contribution in [0.3, 0.4) is 0 Å². The van der Waals surface area contributed by atoms with Crippen LogP contribution >= 0.6 is 23.2 Å². The Morgan fingerprint density at radius 1 is 1.19 bits per heavy atom. The number of halogens is 2. The maximum atomic E-state index is 11.1. The third-order valence-corrected chi connectivity index (χ3v) is 7.62. The van der Waals surface area contributed by atoms with Crippen molar-refractivity contribution in [1.29, 1.82) is 0 Å². The van der Waals surface area contributed by atoms with Gasteiger partial charge in [-0.25, -0.2) is 0 Å². The number of hydrogen-bond acceptors (Lipinski definition) is 4. The predicted octanol–water partition coefficient (Wildman–Crippen LogP) is 5.40. The van der Waals surface area contributed by atoms with Gasteiger partial charge in [0, 0.05) is 5.56 Å². The molecule has 2 aromatic carbocycles. The smallest absolute Gasteiger partial charge is 0.331 e. The fourth-order valence-corrected chi connectivity index (χ4v) is 5.57. The van der Waals surface area contributed by atoms with E-state index in [1.165, 1.54) is 12.8 Å². The molecule has 1 unspecified atom stereocenters. The molecule has 2 aliphatic rings. The van der Waals surface area contributed by atoms with E-state index in [2.05, 4.69) is 27.5 Å². The van der Waals surface area contributed by atoms with Gasteiger partial charge < -0.3 is 4.74 Å². The van der Waals surface area contributed by atoms with Crippen molar-refractivity contribution in [2.45, 2.75) is 45.6 Å². The molecule has 1 saturated carbocycles. The van der Waals surface area contributed by atoms with Crippen LogP contribution in [0.15, 0.2) is 30.3 Å². The van der Waals surface area contributed by atoms with E-state index in [9.17, 15) is 4.79 Å². The van der Waals surface area contributed by atoms with Crippen molar-refractivity contribution in [3.8, 4) is 17.1 Å². The largest absolute Gasteiger partial charge is 0.487 e. The molecule has 0 radical (unpaired) electrons. The maximum Gasteiger partial charge on any atom is 0.331 e. The van der Waals surface area contributed by atoms with E-state index in [-0.39, 0.29) is 5.41 Å². The molecule has 0 amide bonds. The first-order chi connectivity index (χ1) is 15.0. The number of ketones is 1. The quantitative estimate of drug-likeness (QED) is 0.519. The lowest BCUT2D eigenvalue weighted by Gasteiger charge is -2.25. The highest BCUT2D eigenvalue weighted by molar-refractivity contribution is 6.45. The van der Waals surface area contributed by atoms with Crippen LogP contribution in [0.2, 0.25) is 10.0 Å². The number of tetrazole rings is 1. The third-order valence-electron chi connectivity index (χ3n) is 6.77. The number of benzene rings is 2. The van der Waals surface area contributed by atoms with Crippen LogP contribution in [0.4, 0.5) is 0 Å². The van der Waals surface area contributed by atoms with Crippen molar-refractivity contribution in [3.63, 3.8) is 0 Å². The van der Waals surface area contributed by atoms with E-state index in [1.807, 2.05) is 30.3 Å². The molecule has 1 atom stereocenters. The normalized spacial score (nSPS) is 20.9. The lowest BCUT2D eigenvalue weighted by atomic mass is 9.73. The number of nitrogens with one attached hydrogen (secondary N) is 1. The van der Waals surface area contributed by atoms with Gasteiger partial charge in [0.05, 0.1) is 16.0 Å². The molecule has 2 N–H and O–H groups in total. The zero-order valence-electron chi connectivity index (χ0n) is 17.2. The lowest BCUT2D eigenvalue weighted by Crippen LogP contribution is -2.32. The Kier molecular flexibility index (Phi) is 5.22. The SMILES string of the molecule is CC1(C2CCCC2)Cc2cc(OCc3cccc(-c4nn[nH]n4)c3)c(Cl)c(Cl)c2C1=[OH+]. The first-order valence-electron chi connectivity index (χ1n) is 10.5. The second-order valence-corrected chi connectivity index (χ2v) is 9.44. The van der Waals surface area contributed by atoms with E-state index < -0.39 is 0 Å². The summed E-state index contributed by atoms with van der Waals surface area (Å²) < 4.78 is 6.06. The summed E-state index contributed by atoms with van der Waals surface area (Å²) in [5.41, 5.74) is 3.19. The Labute approximate surface area is 190 Å². The average Bonchev–Trinajstić information content (AvgIpc) is 3.52. The summed E-state index contributed by atoms with van der Waals surface area (Å²) in [6.07, 6.45) is 5.46. The van der Waals surface area contributed by atoms with Gasteiger partial charge in [0.1, 0.15) is 17.4 Å². The molecule has 1 aromatic heterocycles. The summed E-state index contributed by atoms with van der Waals surface area (Å²) in [6, 6.07) is 9.68. The van der Waals surface area contributed by atoms with Gasteiger partial charge in [-0.1, -0.05) is 54.2 Å². The number of carbonyl (C=O) groups excluding carboxylic acids is 1. The number of fused-ring (bicyclic) bond motifs is 1. The topological polar surface area (TPSA) is 85.1 Å². The minimum absolute atomic E-state index is 0.288. The molecular formula is C23H23Cl2N4O2+. The van der Waals surface area contributed by atoms with Gasteiger partial charge in [0.15, 0.2) is 0 Å². The number of hydrogen-bond donors (Lipinski definition) is 1. The van der Waals surface area contributed by atoms with Crippen LogP contribution < -0.4 is 4.74 Å². The summed E-state index contributed by atoms with van der Waals surface area (Å²) >= 11 is 13.2. The summed E-state index contributed by atoms with van der Waals surface area (Å²) in [5, 5.41) is 14.8. The number of aromatic nitrogens is 4. The fourth-order valence-electron chi connectivity index (χ4n) is 5.06. The number of nitrogens with zero attached hydrogens (tertiary/aromatic N) is 3. The Hall–Kier alpha value is -2.44. The molecule has 5 rings (SSSR count). The van der Waals surface area contributed by atoms with Crippen molar-refractivity contribution in [1.82, 2.24) is 20.6 Å². The van der Waals surface area contributed by atoms with Gasteiger partial charge in [-0.05, 0) is 60.6 Å². The molecule has 1 heterocycles. The number of aromatic amines is 1. The monoisotopic (exact) mass is 457 g/mol. The van der Waals surface area contributed by atoms with Crippen LogP contribution in [0, 0.1) is 11.3 Å². The van der Waals surface area contributed by atoms with Gasteiger partial charge >= 0.3 is 5.78 Å². The highest BCUT2D eigenvalue weighted by atomic mass is 35.5. The Morgan fingerprint density at radius 3 is 2.74 bits per heavy atom. The molecule has 8 heteroatoms. The second kappa shape index (κ2) is 7.92. The molecule has 0 saturated heterocycles. The molecule has 0 aliphatic heterocycles. The van der Waals surface area contributed by atoms with Crippen molar-refractivity contribution < 1.29 is 9.53 Å². The van der Waals surface area contributed by atoms with Crippen LogP contribution in [0.5, 0.6) is 5.75 Å². The van der Waals surface area contributed by atoms with Gasteiger partial charge in [-0.3, -0.25) is 4.79 Å². The summed E-state index contributed by atoms with van der Waals surface area (Å²) in [5.74, 6) is 1.89. The van der Waals surface area contributed by atoms with Gasteiger partial charge in [0.2, 0.25) is 5.82 Å². The molecule has 160 valence electrons. The predicted molar refractivity (Wildman–Crippen MR) is 120 cm³/mol. The van der Waals surface area contributed by atoms with E-state index in [0.717, 1.165) is 36.0 Å². The summed E-state index contributed by atoms with van der Waals surface area (Å²) in [4.78, 5) is 11.1. The molecule has 1 fully saturated rings. The minimum Gasteiger partial charge on any atom is -0.487 e. The average molecular weight is 458 g/mol. The van der Waals surface area contributed by atoms with E-state index in [0.29, 0.717) is 45.5 Å². The fraction of sp³-hybridized carbons (Fsp3) is 0.391. The molecule has 31 heavy (non-hydrogen) atoms. The summed E-state index contributed by atoms with van der Waals surface area (Å²) in [6.45, 7) is 2.46. The van der Waals surface area contributed by atoms with Crippen LogP contribution in [-0.2, 0) is 13.0 Å².